The normalized spacial score (nSPS) is 11.0. The zero-order valence-corrected chi connectivity index (χ0v) is 14.5. The Kier molecular flexibility index (Phi) is 6.12. The Morgan fingerprint density at radius 3 is 2.78 bits per heavy atom. The van der Waals surface area contributed by atoms with Crippen molar-refractivity contribution < 1.29 is 19.5 Å². The first-order chi connectivity index (χ1) is 11.0. The van der Waals surface area contributed by atoms with Gasteiger partial charge in [-0.15, -0.1) is 11.3 Å². The molecule has 1 heterocycles. The Bertz CT molecular complexity index is 668. The molecule has 0 saturated carbocycles. The summed E-state index contributed by atoms with van der Waals surface area (Å²) in [5, 5.41) is 11.8. The Labute approximate surface area is 140 Å². The Hall–Kier alpha value is -1.92. The number of carbonyl (C=O) groups excluding carboxylic acids is 1. The predicted octanol–water partition coefficient (Wildman–Crippen LogP) is 0.649. The maximum absolute atomic E-state index is 11.2. The fourth-order valence-corrected chi connectivity index (χ4v) is 3.19. The molecule has 0 saturated heterocycles. The summed E-state index contributed by atoms with van der Waals surface area (Å²) in [7, 11) is 4.23. The number of carbonyl (C=O) groups is 1. The van der Waals surface area contributed by atoms with E-state index >= 15 is 0 Å². The van der Waals surface area contributed by atoms with Crippen LogP contribution >= 0.6 is 11.3 Å². The van der Waals surface area contributed by atoms with E-state index in [-0.39, 0.29) is 4.88 Å². The summed E-state index contributed by atoms with van der Waals surface area (Å²) in [6.45, 7) is 3.61. The molecule has 0 aliphatic carbocycles. The number of hydrogen-bond acceptors (Lipinski definition) is 5. The number of nitrogens with one attached hydrogen (secondary N) is 1. The maximum Gasteiger partial charge on any atom is 0.124 e. The van der Waals surface area contributed by atoms with Gasteiger partial charge in [0.05, 0.1) is 43.8 Å². The summed E-state index contributed by atoms with van der Waals surface area (Å²) in [6.07, 6.45) is 1.56. The van der Waals surface area contributed by atoms with Gasteiger partial charge in [-0.1, -0.05) is 19.1 Å². The zero-order chi connectivity index (χ0) is 16.8. The number of rotatable bonds is 8. The van der Waals surface area contributed by atoms with Crippen LogP contribution in [0.2, 0.25) is 0 Å². The van der Waals surface area contributed by atoms with Gasteiger partial charge in [0.1, 0.15) is 10.8 Å². The highest BCUT2D eigenvalue weighted by Crippen LogP contribution is 2.30. The van der Waals surface area contributed by atoms with Crippen LogP contribution in [0.25, 0.3) is 10.6 Å². The van der Waals surface area contributed by atoms with Crippen LogP contribution in [0.3, 0.4) is 0 Å². The summed E-state index contributed by atoms with van der Waals surface area (Å²) >= 11 is 1.15. The van der Waals surface area contributed by atoms with Crippen molar-refractivity contribution in [3.05, 3.63) is 34.8 Å². The van der Waals surface area contributed by atoms with Crippen molar-refractivity contribution in [1.82, 2.24) is 4.98 Å². The van der Waals surface area contributed by atoms with Gasteiger partial charge >= 0.3 is 0 Å². The van der Waals surface area contributed by atoms with E-state index in [1.54, 1.807) is 0 Å². The van der Waals surface area contributed by atoms with Crippen molar-refractivity contribution in [2.75, 3.05) is 27.2 Å². The van der Waals surface area contributed by atoms with Crippen LogP contribution in [0.15, 0.2) is 24.3 Å². The monoisotopic (exact) mass is 334 g/mol. The number of carboxylic acids is 1. The first-order valence-electron chi connectivity index (χ1n) is 7.74. The van der Waals surface area contributed by atoms with Crippen LogP contribution < -0.4 is 14.7 Å². The fraction of sp³-hybridized carbons (Fsp3) is 0.412. The second-order valence-electron chi connectivity index (χ2n) is 5.62. The molecule has 0 radical (unpaired) electrons. The van der Waals surface area contributed by atoms with Crippen LogP contribution in [-0.2, 0) is 6.42 Å². The minimum absolute atomic E-state index is 0.211. The molecular weight excluding hydrogens is 312 g/mol. The van der Waals surface area contributed by atoms with Gasteiger partial charge < -0.3 is 19.5 Å². The molecule has 6 heteroatoms. The van der Waals surface area contributed by atoms with Crippen LogP contribution in [0.1, 0.15) is 28.7 Å². The van der Waals surface area contributed by atoms with Gasteiger partial charge in [0.15, 0.2) is 0 Å². The summed E-state index contributed by atoms with van der Waals surface area (Å²) in [4.78, 5) is 17.2. The molecule has 0 aliphatic heterocycles. The molecule has 0 fully saturated rings. The van der Waals surface area contributed by atoms with Crippen LogP contribution in [-0.4, -0.2) is 38.2 Å². The highest BCUT2D eigenvalue weighted by atomic mass is 32.1. The third kappa shape index (κ3) is 4.77. The van der Waals surface area contributed by atoms with E-state index < -0.39 is 5.97 Å². The van der Waals surface area contributed by atoms with Gasteiger partial charge in [-0.3, -0.25) is 0 Å². The molecule has 0 spiro atoms. The van der Waals surface area contributed by atoms with Crippen molar-refractivity contribution in [2.24, 2.45) is 0 Å². The highest BCUT2D eigenvalue weighted by Gasteiger charge is 2.12. The Morgan fingerprint density at radius 1 is 1.39 bits per heavy atom. The van der Waals surface area contributed by atoms with Crippen molar-refractivity contribution in [3.8, 4) is 16.3 Å². The second-order valence-corrected chi connectivity index (χ2v) is 6.62. The fourth-order valence-electron chi connectivity index (χ4n) is 2.21. The number of thiazole rings is 1. The molecule has 0 unspecified atom stereocenters. The van der Waals surface area contributed by atoms with Crippen LogP contribution in [0.5, 0.6) is 5.75 Å². The lowest BCUT2D eigenvalue weighted by Gasteiger charge is -2.09. The number of ether oxygens (including phenoxy) is 1. The summed E-state index contributed by atoms with van der Waals surface area (Å²) in [5.74, 6) is -0.385. The van der Waals surface area contributed by atoms with Crippen LogP contribution in [0, 0.1) is 0 Å². The van der Waals surface area contributed by atoms with Crippen molar-refractivity contribution in [2.45, 2.75) is 19.8 Å². The molecule has 0 atom stereocenters. The molecule has 0 amide bonds. The third-order valence-corrected chi connectivity index (χ3v) is 4.52. The number of aromatic nitrogens is 1. The SMILES string of the molecule is CCc1nc(-c2cccc(OCCC[NH+](C)C)c2)sc1C(=O)[O-]. The first-order valence-corrected chi connectivity index (χ1v) is 8.56. The van der Waals surface area contributed by atoms with Crippen molar-refractivity contribution in [1.29, 1.82) is 0 Å². The van der Waals surface area contributed by atoms with E-state index in [9.17, 15) is 9.90 Å². The lowest BCUT2D eigenvalue weighted by Crippen LogP contribution is -3.05. The van der Waals surface area contributed by atoms with E-state index in [2.05, 4.69) is 19.1 Å². The number of quaternary nitrogens is 1. The number of aromatic carboxylic acids is 1. The molecule has 23 heavy (non-hydrogen) atoms. The lowest BCUT2D eigenvalue weighted by molar-refractivity contribution is -0.858. The van der Waals surface area contributed by atoms with Gasteiger partial charge in [-0.05, 0) is 18.6 Å². The highest BCUT2D eigenvalue weighted by molar-refractivity contribution is 7.17. The minimum atomic E-state index is -1.16. The van der Waals surface area contributed by atoms with Crippen LogP contribution in [0.4, 0.5) is 0 Å². The third-order valence-electron chi connectivity index (χ3n) is 3.39. The van der Waals surface area contributed by atoms with E-state index in [1.165, 1.54) is 4.90 Å². The largest absolute Gasteiger partial charge is 0.544 e. The molecule has 1 aromatic heterocycles. The van der Waals surface area contributed by atoms with Gasteiger partial charge in [-0.25, -0.2) is 4.98 Å². The van der Waals surface area contributed by atoms with Crippen molar-refractivity contribution in [3.63, 3.8) is 0 Å². The summed E-state index contributed by atoms with van der Waals surface area (Å²) in [6, 6.07) is 7.61. The Balaban J connectivity index is 2.11. The number of carboxylic acid groups (broad SMARTS) is 1. The van der Waals surface area contributed by atoms with Gasteiger partial charge in [0.2, 0.25) is 0 Å². The number of benzene rings is 1. The smallest absolute Gasteiger partial charge is 0.124 e. The predicted molar refractivity (Wildman–Crippen MR) is 89.0 cm³/mol. The Morgan fingerprint density at radius 2 is 2.17 bits per heavy atom. The van der Waals surface area contributed by atoms with Crippen molar-refractivity contribution >= 4 is 17.3 Å². The summed E-state index contributed by atoms with van der Waals surface area (Å²) in [5.41, 5.74) is 1.44. The second kappa shape index (κ2) is 8.08. The topological polar surface area (TPSA) is 66.7 Å². The van der Waals surface area contributed by atoms with E-state index in [1.807, 2.05) is 31.2 Å². The number of aryl methyl sites for hydroxylation is 1. The van der Waals surface area contributed by atoms with Gasteiger partial charge in [0.25, 0.3) is 0 Å². The number of hydrogen-bond donors (Lipinski definition) is 1. The quantitative estimate of drug-likeness (QED) is 0.720. The van der Waals surface area contributed by atoms with Gasteiger partial charge in [-0.2, -0.15) is 0 Å². The molecule has 1 aromatic carbocycles. The first kappa shape index (κ1) is 17.4. The van der Waals surface area contributed by atoms with E-state index in [4.69, 9.17) is 4.74 Å². The maximum atomic E-state index is 11.2. The molecule has 124 valence electrons. The molecule has 0 bridgehead atoms. The standard InChI is InChI=1S/C17H22N2O3S/c1-4-14-15(17(20)21)23-16(18-14)12-7-5-8-13(11-12)22-10-6-9-19(2)3/h5,7-8,11H,4,6,9-10H2,1-3H3,(H,20,21). The summed E-state index contributed by atoms with van der Waals surface area (Å²) < 4.78 is 5.76. The van der Waals surface area contributed by atoms with E-state index in [0.717, 1.165) is 35.6 Å². The molecule has 1 N–H and O–H groups in total. The lowest BCUT2D eigenvalue weighted by atomic mass is 10.2. The molecule has 2 rings (SSSR count). The molecule has 2 aromatic rings. The molecule has 0 aliphatic rings. The van der Waals surface area contributed by atoms with E-state index in [0.29, 0.717) is 23.7 Å². The average molecular weight is 334 g/mol. The minimum Gasteiger partial charge on any atom is -0.544 e. The average Bonchev–Trinajstić information content (AvgIpc) is 2.96. The molecular formula is C17H22N2O3S. The zero-order valence-electron chi connectivity index (χ0n) is 13.7. The molecule has 5 nitrogen and oxygen atoms in total. The van der Waals surface area contributed by atoms with Gasteiger partial charge in [0, 0.05) is 12.0 Å². The number of nitrogens with zero attached hydrogens (tertiary/aromatic N) is 1.